The van der Waals surface area contributed by atoms with Crippen LogP contribution in [-0.2, 0) is 0 Å². The second-order valence-electron chi connectivity index (χ2n) is 9.09. The van der Waals surface area contributed by atoms with Crippen molar-refractivity contribution < 1.29 is 13.6 Å². The third-order valence-electron chi connectivity index (χ3n) is 6.83. The number of para-hydroxylation sites is 2. The molecule has 0 spiro atoms. The molecule has 36 heavy (non-hydrogen) atoms. The van der Waals surface area contributed by atoms with Crippen LogP contribution >= 0.6 is 11.6 Å². The normalized spacial score (nSPS) is 14.5. The number of rotatable bonds is 5. The van der Waals surface area contributed by atoms with Gasteiger partial charge < -0.3 is 4.90 Å². The summed E-state index contributed by atoms with van der Waals surface area (Å²) < 4.78 is 28.8. The van der Waals surface area contributed by atoms with Crippen molar-refractivity contribution in [2.75, 3.05) is 13.1 Å². The molecule has 2 heterocycles. The predicted molar refractivity (Wildman–Crippen MR) is 137 cm³/mol. The monoisotopic (exact) mass is 506 g/mol. The van der Waals surface area contributed by atoms with Gasteiger partial charge in [-0.15, -0.1) is 0 Å². The highest BCUT2D eigenvalue weighted by Gasteiger charge is 2.30. The molecule has 0 radical (unpaired) electrons. The van der Waals surface area contributed by atoms with Gasteiger partial charge in [-0.2, -0.15) is 8.78 Å². The standard InChI is InChI=1S/C28H25ClF2N4O/c1-17-9-10-20(16-22(17)25(32)19-5-4-6-21(29)15-19)27(36)34-13-11-18(12-14-34)26-33-23-7-2-3-8-24(23)35(26)28(30)31/h2-10,15-16,18,28,32H,11-14H2,1H3. The third kappa shape index (κ3) is 4.51. The molecular weight excluding hydrogens is 482 g/mol. The zero-order valence-electron chi connectivity index (χ0n) is 19.7. The van der Waals surface area contributed by atoms with E-state index in [0.717, 1.165) is 10.1 Å². The molecule has 0 atom stereocenters. The number of piperidine rings is 1. The molecule has 1 amide bonds. The highest BCUT2D eigenvalue weighted by Crippen LogP contribution is 2.33. The van der Waals surface area contributed by atoms with Gasteiger partial charge in [-0.05, 0) is 61.7 Å². The number of carbonyl (C=O) groups is 1. The predicted octanol–water partition coefficient (Wildman–Crippen LogP) is 6.83. The van der Waals surface area contributed by atoms with Crippen molar-refractivity contribution in [3.05, 3.63) is 99.8 Å². The van der Waals surface area contributed by atoms with E-state index in [2.05, 4.69) is 4.98 Å². The van der Waals surface area contributed by atoms with E-state index in [1.165, 1.54) is 0 Å². The fourth-order valence-corrected chi connectivity index (χ4v) is 5.09. The average Bonchev–Trinajstić information content (AvgIpc) is 3.28. The first kappa shape index (κ1) is 24.1. The number of carbonyl (C=O) groups excluding carboxylic acids is 1. The third-order valence-corrected chi connectivity index (χ3v) is 7.07. The molecule has 1 N–H and O–H groups in total. The number of nitrogens with zero attached hydrogens (tertiary/aromatic N) is 3. The molecule has 0 saturated carbocycles. The van der Waals surface area contributed by atoms with E-state index in [-0.39, 0.29) is 11.8 Å². The van der Waals surface area contributed by atoms with Crippen LogP contribution < -0.4 is 0 Å². The van der Waals surface area contributed by atoms with Gasteiger partial charge in [0.1, 0.15) is 5.82 Å². The maximum atomic E-state index is 13.9. The Hall–Kier alpha value is -3.58. The van der Waals surface area contributed by atoms with Crippen molar-refractivity contribution in [3.63, 3.8) is 0 Å². The van der Waals surface area contributed by atoms with Crippen LogP contribution in [-0.4, -0.2) is 39.2 Å². The molecule has 5 nitrogen and oxygen atoms in total. The van der Waals surface area contributed by atoms with Gasteiger partial charge in [-0.25, -0.2) is 4.98 Å². The Morgan fingerprint density at radius 1 is 1.03 bits per heavy atom. The topological polar surface area (TPSA) is 62.0 Å². The van der Waals surface area contributed by atoms with Crippen LogP contribution in [0.2, 0.25) is 5.02 Å². The minimum absolute atomic E-state index is 0.129. The first-order valence-corrected chi connectivity index (χ1v) is 12.2. The maximum Gasteiger partial charge on any atom is 0.320 e. The second kappa shape index (κ2) is 9.82. The molecular formula is C28H25ClF2N4O. The fraction of sp³-hybridized carbons (Fsp3) is 0.250. The smallest absolute Gasteiger partial charge is 0.320 e. The minimum Gasteiger partial charge on any atom is -0.339 e. The Labute approximate surface area is 212 Å². The molecule has 4 aromatic rings. The number of likely N-dealkylation sites (tertiary alicyclic amines) is 1. The number of amides is 1. The average molecular weight is 507 g/mol. The number of aromatic nitrogens is 2. The van der Waals surface area contributed by atoms with Crippen LogP contribution in [0.15, 0.2) is 66.7 Å². The highest BCUT2D eigenvalue weighted by atomic mass is 35.5. The van der Waals surface area contributed by atoms with Crippen molar-refractivity contribution in [1.82, 2.24) is 14.5 Å². The summed E-state index contributed by atoms with van der Waals surface area (Å²) in [7, 11) is 0. The van der Waals surface area contributed by atoms with E-state index < -0.39 is 6.55 Å². The first-order valence-electron chi connectivity index (χ1n) is 11.8. The van der Waals surface area contributed by atoms with E-state index in [1.807, 2.05) is 19.1 Å². The van der Waals surface area contributed by atoms with Gasteiger partial charge in [0, 0.05) is 40.7 Å². The number of hydrogen-bond acceptors (Lipinski definition) is 3. The Morgan fingerprint density at radius 2 is 1.78 bits per heavy atom. The van der Waals surface area contributed by atoms with E-state index in [4.69, 9.17) is 17.0 Å². The van der Waals surface area contributed by atoms with Crippen LogP contribution in [0.4, 0.5) is 8.78 Å². The molecule has 1 aromatic heterocycles. The SMILES string of the molecule is Cc1ccc(C(=O)N2CCC(c3nc4ccccc4n3C(F)F)CC2)cc1C(=N)c1cccc(Cl)c1. The molecule has 0 aliphatic carbocycles. The lowest BCUT2D eigenvalue weighted by Crippen LogP contribution is -2.38. The van der Waals surface area contributed by atoms with Crippen LogP contribution in [0.1, 0.15) is 58.2 Å². The molecule has 0 bridgehead atoms. The molecule has 1 aliphatic rings. The number of nitrogens with one attached hydrogen (secondary N) is 1. The number of fused-ring (bicyclic) bond motifs is 1. The second-order valence-corrected chi connectivity index (χ2v) is 9.52. The summed E-state index contributed by atoms with van der Waals surface area (Å²) in [6, 6.07) is 19.4. The summed E-state index contributed by atoms with van der Waals surface area (Å²) in [6.07, 6.45) is 1.11. The van der Waals surface area contributed by atoms with Gasteiger partial charge >= 0.3 is 6.55 Å². The summed E-state index contributed by atoms with van der Waals surface area (Å²) >= 11 is 6.10. The number of alkyl halides is 2. The van der Waals surface area contributed by atoms with E-state index in [1.54, 1.807) is 59.5 Å². The zero-order chi connectivity index (χ0) is 25.4. The van der Waals surface area contributed by atoms with E-state index in [9.17, 15) is 13.6 Å². The summed E-state index contributed by atoms with van der Waals surface area (Å²) in [6.45, 7) is 0.131. The van der Waals surface area contributed by atoms with Crippen molar-refractivity contribution >= 4 is 34.3 Å². The van der Waals surface area contributed by atoms with Gasteiger partial charge in [0.05, 0.1) is 16.7 Å². The molecule has 3 aromatic carbocycles. The van der Waals surface area contributed by atoms with Crippen molar-refractivity contribution in [3.8, 4) is 0 Å². The Bertz CT molecular complexity index is 1460. The van der Waals surface area contributed by atoms with Crippen molar-refractivity contribution in [2.45, 2.75) is 32.2 Å². The molecule has 0 unspecified atom stereocenters. The number of aryl methyl sites for hydroxylation is 1. The van der Waals surface area contributed by atoms with Crippen molar-refractivity contribution in [1.29, 1.82) is 5.41 Å². The highest BCUT2D eigenvalue weighted by molar-refractivity contribution is 6.31. The Balaban J connectivity index is 1.34. The molecule has 184 valence electrons. The summed E-state index contributed by atoms with van der Waals surface area (Å²) in [5, 5.41) is 9.21. The van der Waals surface area contributed by atoms with Crippen LogP contribution in [0, 0.1) is 12.3 Å². The summed E-state index contributed by atoms with van der Waals surface area (Å²) in [5.74, 6) is 0.0990. The maximum absolute atomic E-state index is 13.9. The lowest BCUT2D eigenvalue weighted by atomic mass is 9.94. The molecule has 1 aliphatic heterocycles. The van der Waals surface area contributed by atoms with Gasteiger partial charge in [0.2, 0.25) is 0 Å². The molecule has 8 heteroatoms. The van der Waals surface area contributed by atoms with Gasteiger partial charge in [-0.1, -0.05) is 41.9 Å². The summed E-state index contributed by atoms with van der Waals surface area (Å²) in [4.78, 5) is 19.6. The van der Waals surface area contributed by atoms with E-state index >= 15 is 0 Å². The van der Waals surface area contributed by atoms with Crippen LogP contribution in [0.3, 0.4) is 0 Å². The van der Waals surface area contributed by atoms with E-state index in [0.29, 0.717) is 70.2 Å². The van der Waals surface area contributed by atoms with Gasteiger partial charge in [0.15, 0.2) is 0 Å². The first-order chi connectivity index (χ1) is 17.3. The molecule has 1 fully saturated rings. The largest absolute Gasteiger partial charge is 0.339 e. The lowest BCUT2D eigenvalue weighted by molar-refractivity contribution is 0.0634. The number of benzene rings is 3. The fourth-order valence-electron chi connectivity index (χ4n) is 4.90. The zero-order valence-corrected chi connectivity index (χ0v) is 20.5. The number of imidazole rings is 1. The van der Waals surface area contributed by atoms with Crippen LogP contribution in [0.5, 0.6) is 0 Å². The van der Waals surface area contributed by atoms with Gasteiger partial charge in [-0.3, -0.25) is 14.8 Å². The minimum atomic E-state index is -2.67. The number of halogens is 3. The van der Waals surface area contributed by atoms with Crippen LogP contribution in [0.25, 0.3) is 11.0 Å². The van der Waals surface area contributed by atoms with Crippen molar-refractivity contribution in [2.24, 2.45) is 0 Å². The lowest BCUT2D eigenvalue weighted by Gasteiger charge is -2.32. The number of hydrogen-bond donors (Lipinski definition) is 1. The molecule has 5 rings (SSSR count). The quantitative estimate of drug-likeness (QED) is 0.301. The Morgan fingerprint density at radius 3 is 2.50 bits per heavy atom. The summed E-state index contributed by atoms with van der Waals surface area (Å²) in [5.41, 5.74) is 4.02. The molecule has 1 saturated heterocycles. The van der Waals surface area contributed by atoms with Gasteiger partial charge in [0.25, 0.3) is 5.91 Å². The Kier molecular flexibility index (Phi) is 6.58.